The summed E-state index contributed by atoms with van der Waals surface area (Å²) in [6.07, 6.45) is 0.693. The first kappa shape index (κ1) is 13.1. The Labute approximate surface area is 111 Å². The number of pyridine rings is 1. The molecule has 2 heterocycles. The van der Waals surface area contributed by atoms with Crippen LogP contribution in [-0.4, -0.2) is 19.9 Å². The van der Waals surface area contributed by atoms with Gasteiger partial charge in [-0.3, -0.25) is 9.67 Å². The van der Waals surface area contributed by atoms with E-state index in [9.17, 15) is 5.11 Å². The maximum Gasteiger partial charge on any atom is 0.139 e. The number of nitrogens with zero attached hydrogens (tertiary/aromatic N) is 3. The van der Waals surface area contributed by atoms with Gasteiger partial charge in [0, 0.05) is 11.7 Å². The highest BCUT2D eigenvalue weighted by atomic mass is 35.5. The lowest BCUT2D eigenvalue weighted by molar-refractivity contribution is 0.200. The van der Waals surface area contributed by atoms with Crippen LogP contribution in [0.4, 0.5) is 0 Å². The van der Waals surface area contributed by atoms with Crippen molar-refractivity contribution in [3.8, 4) is 0 Å². The summed E-state index contributed by atoms with van der Waals surface area (Å²) in [7, 11) is 0. The van der Waals surface area contributed by atoms with Crippen molar-refractivity contribution < 1.29 is 5.11 Å². The summed E-state index contributed by atoms with van der Waals surface area (Å²) in [4.78, 5) is 4.32. The summed E-state index contributed by atoms with van der Waals surface area (Å²) in [6, 6.07) is 5.67. The third-order valence-electron chi connectivity index (χ3n) is 2.73. The maximum atomic E-state index is 10.4. The van der Waals surface area contributed by atoms with Crippen molar-refractivity contribution in [3.05, 3.63) is 46.5 Å². The van der Waals surface area contributed by atoms with Crippen LogP contribution in [0.15, 0.2) is 24.4 Å². The van der Waals surface area contributed by atoms with E-state index in [-0.39, 0.29) is 6.04 Å². The van der Waals surface area contributed by atoms with Gasteiger partial charge < -0.3 is 5.11 Å². The van der Waals surface area contributed by atoms with Crippen LogP contribution in [0.1, 0.15) is 43.1 Å². The van der Waals surface area contributed by atoms with Crippen LogP contribution >= 0.6 is 11.6 Å². The Morgan fingerprint density at radius 1 is 1.33 bits per heavy atom. The monoisotopic (exact) mass is 265 g/mol. The molecule has 4 nitrogen and oxygen atoms in total. The number of hydrogen-bond donors (Lipinski definition) is 1. The molecule has 2 aromatic heterocycles. The molecule has 0 aliphatic carbocycles. The fourth-order valence-corrected chi connectivity index (χ4v) is 2.11. The van der Waals surface area contributed by atoms with E-state index in [1.165, 1.54) is 0 Å². The van der Waals surface area contributed by atoms with Gasteiger partial charge >= 0.3 is 0 Å². The summed E-state index contributed by atoms with van der Waals surface area (Å²) in [5, 5.41) is 15.0. The average Bonchev–Trinajstić information content (AvgIpc) is 2.70. The lowest BCUT2D eigenvalue weighted by atomic mass is 10.1. The first-order valence-electron chi connectivity index (χ1n) is 5.85. The number of aromatic nitrogens is 3. The normalized spacial score (nSPS) is 13.0. The Hall–Kier alpha value is -1.39. The van der Waals surface area contributed by atoms with Gasteiger partial charge in [-0.1, -0.05) is 17.7 Å². The standard InChI is InChI=1S/C13H16ClN3O/c1-8(2)17-12(10(14)7-15-17)13(18)11-6-4-5-9(3)16-11/h4-8,13,18H,1-3H3. The second-order valence-corrected chi connectivity index (χ2v) is 4.93. The van der Waals surface area contributed by atoms with Crippen molar-refractivity contribution in [2.75, 3.05) is 0 Å². The molecule has 0 spiro atoms. The average molecular weight is 266 g/mol. The molecule has 1 N–H and O–H groups in total. The van der Waals surface area contributed by atoms with E-state index in [2.05, 4.69) is 10.1 Å². The molecule has 2 rings (SSSR count). The Morgan fingerprint density at radius 2 is 2.06 bits per heavy atom. The van der Waals surface area contributed by atoms with E-state index < -0.39 is 6.10 Å². The van der Waals surface area contributed by atoms with E-state index in [4.69, 9.17) is 11.6 Å². The molecule has 0 saturated carbocycles. The molecule has 0 fully saturated rings. The number of halogens is 1. The number of aliphatic hydroxyl groups is 1. The minimum Gasteiger partial charge on any atom is -0.380 e. The van der Waals surface area contributed by atoms with Crippen LogP contribution < -0.4 is 0 Å². The van der Waals surface area contributed by atoms with Gasteiger partial charge in [0.05, 0.1) is 22.6 Å². The minimum atomic E-state index is -0.859. The first-order chi connectivity index (χ1) is 8.50. The molecule has 0 radical (unpaired) electrons. The van der Waals surface area contributed by atoms with Gasteiger partial charge in [-0.2, -0.15) is 5.10 Å². The smallest absolute Gasteiger partial charge is 0.139 e. The second kappa shape index (κ2) is 5.08. The zero-order valence-electron chi connectivity index (χ0n) is 10.6. The maximum absolute atomic E-state index is 10.4. The van der Waals surface area contributed by atoms with Crippen LogP contribution in [0.3, 0.4) is 0 Å². The predicted molar refractivity (Wildman–Crippen MR) is 70.7 cm³/mol. The van der Waals surface area contributed by atoms with Crippen molar-refractivity contribution in [3.63, 3.8) is 0 Å². The van der Waals surface area contributed by atoms with Crippen molar-refractivity contribution >= 4 is 11.6 Å². The lowest BCUT2D eigenvalue weighted by Crippen LogP contribution is -2.13. The van der Waals surface area contributed by atoms with Gasteiger partial charge in [0.25, 0.3) is 0 Å². The summed E-state index contributed by atoms with van der Waals surface area (Å²) in [5.74, 6) is 0. The van der Waals surface area contributed by atoms with Crippen molar-refractivity contribution in [1.82, 2.24) is 14.8 Å². The molecular formula is C13H16ClN3O. The van der Waals surface area contributed by atoms with Crippen LogP contribution in [0.5, 0.6) is 0 Å². The predicted octanol–water partition coefficient (Wildman–Crippen LogP) is 2.90. The fraction of sp³-hybridized carbons (Fsp3) is 0.385. The molecule has 0 aliphatic rings. The van der Waals surface area contributed by atoms with Crippen LogP contribution in [0.25, 0.3) is 0 Å². The molecule has 0 aromatic carbocycles. The summed E-state index contributed by atoms with van der Waals surface area (Å²) >= 11 is 6.10. The van der Waals surface area contributed by atoms with Crippen LogP contribution in [0, 0.1) is 6.92 Å². The summed E-state index contributed by atoms with van der Waals surface area (Å²) in [5.41, 5.74) is 2.03. The fourth-order valence-electron chi connectivity index (χ4n) is 1.87. The molecule has 2 aromatic rings. The Morgan fingerprint density at radius 3 is 2.67 bits per heavy atom. The Kier molecular flexibility index (Phi) is 3.68. The van der Waals surface area contributed by atoms with Gasteiger partial charge in [0.15, 0.2) is 0 Å². The number of hydrogen-bond acceptors (Lipinski definition) is 3. The zero-order chi connectivity index (χ0) is 13.3. The van der Waals surface area contributed by atoms with Crippen LogP contribution in [0.2, 0.25) is 5.02 Å². The quantitative estimate of drug-likeness (QED) is 0.928. The molecular weight excluding hydrogens is 250 g/mol. The van der Waals surface area contributed by atoms with Gasteiger partial charge in [-0.25, -0.2) is 0 Å². The highest BCUT2D eigenvalue weighted by Crippen LogP contribution is 2.29. The largest absolute Gasteiger partial charge is 0.380 e. The van der Waals surface area contributed by atoms with Gasteiger partial charge in [-0.05, 0) is 32.9 Å². The second-order valence-electron chi connectivity index (χ2n) is 4.52. The first-order valence-corrected chi connectivity index (χ1v) is 6.23. The zero-order valence-corrected chi connectivity index (χ0v) is 11.4. The van der Waals surface area contributed by atoms with E-state index in [0.29, 0.717) is 16.4 Å². The molecule has 0 aliphatic heterocycles. The van der Waals surface area contributed by atoms with E-state index in [1.807, 2.05) is 32.9 Å². The summed E-state index contributed by atoms with van der Waals surface area (Å²) in [6.45, 7) is 5.87. The van der Waals surface area contributed by atoms with Gasteiger partial charge in [-0.15, -0.1) is 0 Å². The Bertz CT molecular complexity index is 551. The molecule has 18 heavy (non-hydrogen) atoms. The third kappa shape index (κ3) is 2.40. The van der Waals surface area contributed by atoms with E-state index in [0.717, 1.165) is 5.69 Å². The number of aryl methyl sites for hydroxylation is 1. The van der Waals surface area contributed by atoms with Gasteiger partial charge in [0.2, 0.25) is 0 Å². The highest BCUT2D eigenvalue weighted by molar-refractivity contribution is 6.31. The summed E-state index contributed by atoms with van der Waals surface area (Å²) < 4.78 is 1.72. The molecule has 1 unspecified atom stereocenters. The SMILES string of the molecule is Cc1cccc(C(O)c2c(Cl)cnn2C(C)C)n1. The molecule has 0 amide bonds. The topological polar surface area (TPSA) is 50.9 Å². The van der Waals surface area contributed by atoms with E-state index in [1.54, 1.807) is 16.9 Å². The number of rotatable bonds is 3. The third-order valence-corrected chi connectivity index (χ3v) is 3.02. The van der Waals surface area contributed by atoms with E-state index >= 15 is 0 Å². The number of aliphatic hydroxyl groups excluding tert-OH is 1. The minimum absolute atomic E-state index is 0.131. The molecule has 96 valence electrons. The molecule has 0 bridgehead atoms. The van der Waals surface area contributed by atoms with Gasteiger partial charge in [0.1, 0.15) is 6.10 Å². The molecule has 5 heteroatoms. The van der Waals surface area contributed by atoms with Crippen molar-refractivity contribution in [1.29, 1.82) is 0 Å². The molecule has 0 saturated heterocycles. The molecule has 1 atom stereocenters. The highest BCUT2D eigenvalue weighted by Gasteiger charge is 2.22. The van der Waals surface area contributed by atoms with Crippen molar-refractivity contribution in [2.45, 2.75) is 32.9 Å². The van der Waals surface area contributed by atoms with Crippen molar-refractivity contribution in [2.24, 2.45) is 0 Å². The Balaban J connectivity index is 2.45. The lowest BCUT2D eigenvalue weighted by Gasteiger charge is -2.16. The van der Waals surface area contributed by atoms with Crippen LogP contribution in [-0.2, 0) is 0 Å².